The maximum absolute atomic E-state index is 10.2. The minimum atomic E-state index is -0.720. The second-order valence-corrected chi connectivity index (χ2v) is 2.57. The second-order valence-electron chi connectivity index (χ2n) is 2.57. The van der Waals surface area contributed by atoms with Crippen molar-refractivity contribution in [1.82, 2.24) is 0 Å². The van der Waals surface area contributed by atoms with Crippen molar-refractivity contribution in [3.63, 3.8) is 0 Å². The molecule has 4 N–H and O–H groups in total. The average molecular weight is 181 g/mol. The molecule has 0 heterocycles. The zero-order chi connectivity index (χ0) is 7.56. The van der Waals surface area contributed by atoms with Crippen LogP contribution in [0.25, 0.3) is 0 Å². The molecule has 66 valence electrons. The molecule has 0 saturated heterocycles. The van der Waals surface area contributed by atoms with E-state index in [-0.39, 0.29) is 24.6 Å². The summed E-state index contributed by atoms with van der Waals surface area (Å²) in [6.45, 7) is 0. The lowest BCUT2D eigenvalue weighted by molar-refractivity contribution is 0.101. The van der Waals surface area contributed by atoms with Gasteiger partial charge in [-0.05, 0) is 19.3 Å². The van der Waals surface area contributed by atoms with Crippen molar-refractivity contribution >= 4 is 18.5 Å². The van der Waals surface area contributed by atoms with Gasteiger partial charge in [0.1, 0.15) is 6.10 Å². The van der Waals surface area contributed by atoms with Crippen molar-refractivity contribution in [2.75, 3.05) is 0 Å². The Morgan fingerprint density at radius 1 is 1.45 bits per heavy atom. The summed E-state index contributed by atoms with van der Waals surface area (Å²) in [5, 5.41) is 0. The molecule has 0 aliphatic heterocycles. The largest absolute Gasteiger partial charge is 0.445 e. The van der Waals surface area contributed by atoms with E-state index in [0.29, 0.717) is 0 Å². The molecule has 11 heavy (non-hydrogen) atoms. The van der Waals surface area contributed by atoms with Gasteiger partial charge in [-0.15, -0.1) is 12.4 Å². The molecule has 2 atom stereocenters. The number of nitrogens with two attached hydrogens (primary N) is 2. The highest BCUT2D eigenvalue weighted by Gasteiger charge is 2.26. The third-order valence-electron chi connectivity index (χ3n) is 1.77. The maximum atomic E-state index is 10.2. The predicted octanol–water partition coefficient (Wildman–Crippen LogP) is 0.383. The molecule has 1 amide bonds. The van der Waals surface area contributed by atoms with E-state index in [9.17, 15) is 4.79 Å². The number of carbonyl (C=O) groups excluding carboxylic acids is 1. The van der Waals surface area contributed by atoms with Crippen LogP contribution in [0.5, 0.6) is 0 Å². The van der Waals surface area contributed by atoms with E-state index in [1.807, 2.05) is 0 Å². The summed E-state index contributed by atoms with van der Waals surface area (Å²) < 4.78 is 4.74. The van der Waals surface area contributed by atoms with Gasteiger partial charge in [0.15, 0.2) is 0 Å². The molecule has 1 saturated carbocycles. The van der Waals surface area contributed by atoms with Crippen LogP contribution in [-0.2, 0) is 4.74 Å². The van der Waals surface area contributed by atoms with Gasteiger partial charge in [0.2, 0.25) is 0 Å². The molecule has 0 radical (unpaired) electrons. The van der Waals surface area contributed by atoms with E-state index in [4.69, 9.17) is 16.2 Å². The highest BCUT2D eigenvalue weighted by atomic mass is 35.5. The monoisotopic (exact) mass is 180 g/mol. The zero-order valence-electron chi connectivity index (χ0n) is 6.16. The smallest absolute Gasteiger partial charge is 0.404 e. The third-order valence-corrected chi connectivity index (χ3v) is 1.77. The second kappa shape index (κ2) is 4.41. The zero-order valence-corrected chi connectivity index (χ0v) is 6.97. The van der Waals surface area contributed by atoms with Gasteiger partial charge in [0, 0.05) is 6.04 Å². The molecule has 1 rings (SSSR count). The summed E-state index contributed by atoms with van der Waals surface area (Å²) in [5.74, 6) is 0. The van der Waals surface area contributed by atoms with Crippen molar-refractivity contribution < 1.29 is 9.53 Å². The molecule has 0 aromatic rings. The Balaban J connectivity index is 0.000001000. The summed E-state index contributed by atoms with van der Waals surface area (Å²) in [6.07, 6.45) is 1.95. The Hall–Kier alpha value is -0.480. The molecule has 1 aliphatic rings. The van der Waals surface area contributed by atoms with Crippen molar-refractivity contribution in [2.45, 2.75) is 31.4 Å². The van der Waals surface area contributed by atoms with Gasteiger partial charge in [-0.25, -0.2) is 4.79 Å². The SMILES string of the molecule is Cl.NC(=O)OC1CCCC1N. The molecular weight excluding hydrogens is 168 g/mol. The van der Waals surface area contributed by atoms with Crippen LogP contribution >= 0.6 is 12.4 Å². The Bertz CT molecular complexity index is 143. The molecule has 1 fully saturated rings. The van der Waals surface area contributed by atoms with Crippen LogP contribution in [0.15, 0.2) is 0 Å². The highest BCUT2D eigenvalue weighted by Crippen LogP contribution is 2.19. The van der Waals surface area contributed by atoms with Crippen LogP contribution in [-0.4, -0.2) is 18.2 Å². The minimum Gasteiger partial charge on any atom is -0.445 e. The van der Waals surface area contributed by atoms with Crippen molar-refractivity contribution in [1.29, 1.82) is 0 Å². The first-order chi connectivity index (χ1) is 4.70. The number of hydrogen-bond donors (Lipinski definition) is 2. The first-order valence-corrected chi connectivity index (χ1v) is 3.42. The van der Waals surface area contributed by atoms with E-state index in [1.54, 1.807) is 0 Å². The fourth-order valence-electron chi connectivity index (χ4n) is 1.25. The Labute approximate surface area is 71.7 Å². The number of carbonyl (C=O) groups is 1. The number of primary amides is 1. The molecule has 2 unspecified atom stereocenters. The first-order valence-electron chi connectivity index (χ1n) is 3.42. The molecule has 5 heteroatoms. The van der Waals surface area contributed by atoms with Crippen molar-refractivity contribution in [2.24, 2.45) is 11.5 Å². The van der Waals surface area contributed by atoms with Gasteiger partial charge in [-0.3, -0.25) is 0 Å². The van der Waals surface area contributed by atoms with E-state index >= 15 is 0 Å². The lowest BCUT2D eigenvalue weighted by Gasteiger charge is -2.13. The van der Waals surface area contributed by atoms with Gasteiger partial charge in [-0.1, -0.05) is 0 Å². The Kier molecular flexibility index (Phi) is 4.22. The standard InChI is InChI=1S/C6H12N2O2.ClH/c7-4-2-1-3-5(4)10-6(8)9;/h4-5H,1-3,7H2,(H2,8,9);1H. The van der Waals surface area contributed by atoms with Crippen LogP contribution in [0.4, 0.5) is 4.79 Å². The molecule has 4 nitrogen and oxygen atoms in total. The van der Waals surface area contributed by atoms with Crippen molar-refractivity contribution in [3.8, 4) is 0 Å². The van der Waals surface area contributed by atoms with E-state index in [0.717, 1.165) is 19.3 Å². The Morgan fingerprint density at radius 2 is 2.09 bits per heavy atom. The summed E-state index contributed by atoms with van der Waals surface area (Å²) in [6, 6.07) is -0.00694. The van der Waals surface area contributed by atoms with Crippen LogP contribution in [0.1, 0.15) is 19.3 Å². The quantitative estimate of drug-likeness (QED) is 0.613. The van der Waals surface area contributed by atoms with Crippen LogP contribution in [0.3, 0.4) is 0 Å². The molecule has 0 spiro atoms. The number of amides is 1. The van der Waals surface area contributed by atoms with E-state index < -0.39 is 6.09 Å². The highest BCUT2D eigenvalue weighted by molar-refractivity contribution is 5.85. The van der Waals surface area contributed by atoms with Crippen molar-refractivity contribution in [3.05, 3.63) is 0 Å². The number of hydrogen-bond acceptors (Lipinski definition) is 3. The lowest BCUT2D eigenvalue weighted by Crippen LogP contribution is -2.34. The summed E-state index contributed by atoms with van der Waals surface area (Å²) in [4.78, 5) is 10.2. The number of rotatable bonds is 1. The van der Waals surface area contributed by atoms with Gasteiger partial charge in [0.25, 0.3) is 0 Å². The summed E-state index contributed by atoms with van der Waals surface area (Å²) >= 11 is 0. The summed E-state index contributed by atoms with van der Waals surface area (Å²) in [7, 11) is 0. The topological polar surface area (TPSA) is 78.3 Å². The average Bonchev–Trinajstić information content (AvgIpc) is 2.15. The van der Waals surface area contributed by atoms with Crippen LogP contribution in [0.2, 0.25) is 0 Å². The maximum Gasteiger partial charge on any atom is 0.404 e. The molecule has 0 aromatic heterocycles. The molecular formula is C6H13ClN2O2. The number of ether oxygens (including phenoxy) is 1. The van der Waals surface area contributed by atoms with Gasteiger partial charge >= 0.3 is 6.09 Å². The molecule has 1 aliphatic carbocycles. The fraction of sp³-hybridized carbons (Fsp3) is 0.833. The lowest BCUT2D eigenvalue weighted by atomic mass is 10.2. The summed E-state index contributed by atoms with van der Waals surface area (Å²) in [5.41, 5.74) is 10.4. The van der Waals surface area contributed by atoms with E-state index in [2.05, 4.69) is 0 Å². The Morgan fingerprint density at radius 3 is 2.45 bits per heavy atom. The van der Waals surface area contributed by atoms with Crippen LogP contribution < -0.4 is 11.5 Å². The van der Waals surface area contributed by atoms with Gasteiger partial charge < -0.3 is 16.2 Å². The normalized spacial score (nSPS) is 29.2. The predicted molar refractivity (Wildman–Crippen MR) is 43.5 cm³/mol. The molecule has 0 aromatic carbocycles. The first kappa shape index (κ1) is 10.5. The van der Waals surface area contributed by atoms with Gasteiger partial charge in [-0.2, -0.15) is 0 Å². The van der Waals surface area contributed by atoms with E-state index in [1.165, 1.54) is 0 Å². The third kappa shape index (κ3) is 2.95. The molecule has 0 bridgehead atoms. The van der Waals surface area contributed by atoms with Gasteiger partial charge in [0.05, 0.1) is 0 Å². The van der Waals surface area contributed by atoms with Crippen LogP contribution in [0, 0.1) is 0 Å². The minimum absolute atomic E-state index is 0. The number of halogens is 1. The fourth-order valence-corrected chi connectivity index (χ4v) is 1.25.